The van der Waals surface area contributed by atoms with Crippen LogP contribution in [0.2, 0.25) is 0 Å². The van der Waals surface area contributed by atoms with Crippen LogP contribution in [0.3, 0.4) is 0 Å². The highest BCUT2D eigenvalue weighted by Gasteiger charge is 2.25. The molecule has 1 aromatic carbocycles. The first-order valence-electron chi connectivity index (χ1n) is 6.18. The van der Waals surface area contributed by atoms with Crippen molar-refractivity contribution in [3.05, 3.63) is 29.3 Å². The van der Waals surface area contributed by atoms with Crippen LogP contribution in [-0.4, -0.2) is 24.2 Å². The topological polar surface area (TPSA) is 64.3 Å². The van der Waals surface area contributed by atoms with Gasteiger partial charge < -0.3 is 10.0 Å². The van der Waals surface area contributed by atoms with Gasteiger partial charge in [0.2, 0.25) is 0 Å². The first-order valence-corrected chi connectivity index (χ1v) is 6.18. The highest BCUT2D eigenvalue weighted by atomic mass is 16.4. The monoisotopic (exact) mass is 260 g/mol. The number of anilines is 1. The molecule has 4 nitrogen and oxygen atoms in total. The maximum atomic E-state index is 10.9. The smallest absolute Gasteiger partial charge is 0.335 e. The summed E-state index contributed by atoms with van der Waals surface area (Å²) in [4.78, 5) is 12.9. The predicted octanol–water partition coefficient (Wildman–Crippen LogP) is 3.13. The van der Waals surface area contributed by atoms with Crippen molar-refractivity contribution < 1.29 is 9.90 Å². The summed E-state index contributed by atoms with van der Waals surface area (Å²) in [6.45, 7) is 8.48. The first kappa shape index (κ1) is 15.0. The van der Waals surface area contributed by atoms with Crippen LogP contribution in [0, 0.1) is 16.7 Å². The minimum atomic E-state index is -1.02. The molecule has 19 heavy (non-hydrogen) atoms. The van der Waals surface area contributed by atoms with Crippen molar-refractivity contribution in [2.45, 2.75) is 33.7 Å². The summed E-state index contributed by atoms with van der Waals surface area (Å²) in [7, 11) is 1.92. The van der Waals surface area contributed by atoms with Gasteiger partial charge in [-0.15, -0.1) is 0 Å². The molecule has 1 atom stereocenters. The molecule has 4 heteroatoms. The fraction of sp³-hybridized carbons (Fsp3) is 0.467. The molecule has 1 unspecified atom stereocenters. The fourth-order valence-corrected chi connectivity index (χ4v) is 1.86. The number of carboxylic acids is 1. The third-order valence-corrected chi connectivity index (χ3v) is 3.58. The maximum Gasteiger partial charge on any atom is 0.335 e. The van der Waals surface area contributed by atoms with Gasteiger partial charge in [-0.1, -0.05) is 20.8 Å². The van der Waals surface area contributed by atoms with Crippen molar-refractivity contribution in [2.75, 3.05) is 11.9 Å². The Balaban J connectivity index is 3.22. The molecule has 0 saturated carbocycles. The van der Waals surface area contributed by atoms with E-state index in [2.05, 4.69) is 33.8 Å². The molecule has 1 N–H and O–H groups in total. The van der Waals surface area contributed by atoms with E-state index in [1.165, 1.54) is 12.1 Å². The Morgan fingerprint density at radius 2 is 2.00 bits per heavy atom. The van der Waals surface area contributed by atoms with E-state index in [0.717, 1.165) is 5.69 Å². The lowest BCUT2D eigenvalue weighted by Gasteiger charge is -2.37. The number of rotatable bonds is 3. The molecule has 0 aliphatic heterocycles. The molecule has 0 radical (unpaired) electrons. The van der Waals surface area contributed by atoms with Gasteiger partial charge in [-0.2, -0.15) is 5.26 Å². The Hall–Kier alpha value is -2.02. The fourth-order valence-electron chi connectivity index (χ4n) is 1.86. The van der Waals surface area contributed by atoms with Crippen molar-refractivity contribution in [3.8, 4) is 6.07 Å². The largest absolute Gasteiger partial charge is 0.478 e. The third kappa shape index (κ3) is 3.25. The molecule has 0 aliphatic carbocycles. The average Bonchev–Trinajstić information content (AvgIpc) is 2.34. The number of nitrogens with zero attached hydrogens (tertiary/aromatic N) is 2. The first-order chi connectivity index (χ1) is 8.68. The summed E-state index contributed by atoms with van der Waals surface area (Å²) < 4.78 is 0. The number of benzene rings is 1. The minimum Gasteiger partial charge on any atom is -0.478 e. The Morgan fingerprint density at radius 1 is 1.42 bits per heavy atom. The van der Waals surface area contributed by atoms with E-state index in [1.807, 2.05) is 11.9 Å². The van der Waals surface area contributed by atoms with Gasteiger partial charge in [0.1, 0.15) is 6.07 Å². The summed E-state index contributed by atoms with van der Waals surface area (Å²) in [6, 6.07) is 6.94. The van der Waals surface area contributed by atoms with Crippen LogP contribution in [0.5, 0.6) is 0 Å². The van der Waals surface area contributed by atoms with Gasteiger partial charge >= 0.3 is 5.97 Å². The minimum absolute atomic E-state index is 0.0624. The Morgan fingerprint density at radius 3 is 2.42 bits per heavy atom. The molecule has 0 fully saturated rings. The summed E-state index contributed by atoms with van der Waals surface area (Å²) >= 11 is 0. The van der Waals surface area contributed by atoms with Crippen LogP contribution in [0.25, 0.3) is 0 Å². The van der Waals surface area contributed by atoms with Crippen LogP contribution >= 0.6 is 0 Å². The zero-order chi connectivity index (χ0) is 14.8. The molecule has 1 rings (SSSR count). The van der Waals surface area contributed by atoms with Crippen molar-refractivity contribution in [3.63, 3.8) is 0 Å². The lowest BCUT2D eigenvalue weighted by molar-refractivity contribution is 0.0697. The Bertz CT molecular complexity index is 524. The lowest BCUT2D eigenvalue weighted by Crippen LogP contribution is -2.39. The van der Waals surface area contributed by atoms with Gasteiger partial charge in [0.25, 0.3) is 0 Å². The van der Waals surface area contributed by atoms with Crippen LogP contribution in [0.1, 0.15) is 43.6 Å². The molecule has 0 aromatic heterocycles. The van der Waals surface area contributed by atoms with Crippen LogP contribution < -0.4 is 4.90 Å². The van der Waals surface area contributed by atoms with Gasteiger partial charge in [-0.3, -0.25) is 0 Å². The van der Waals surface area contributed by atoms with Crippen molar-refractivity contribution in [1.82, 2.24) is 0 Å². The predicted molar refractivity (Wildman–Crippen MR) is 75.4 cm³/mol. The lowest BCUT2D eigenvalue weighted by atomic mass is 9.86. The van der Waals surface area contributed by atoms with Crippen LogP contribution in [0.4, 0.5) is 5.69 Å². The molecule has 0 bridgehead atoms. The van der Waals surface area contributed by atoms with Crippen molar-refractivity contribution >= 4 is 11.7 Å². The molecule has 0 aliphatic rings. The van der Waals surface area contributed by atoms with E-state index in [4.69, 9.17) is 5.11 Å². The zero-order valence-electron chi connectivity index (χ0n) is 12.1. The van der Waals surface area contributed by atoms with E-state index in [-0.39, 0.29) is 17.0 Å². The number of carbonyl (C=O) groups is 1. The number of nitriles is 1. The molecule has 1 aromatic rings. The van der Waals surface area contributed by atoms with Gasteiger partial charge in [-0.25, -0.2) is 4.79 Å². The van der Waals surface area contributed by atoms with Gasteiger partial charge in [0, 0.05) is 13.1 Å². The molecular weight excluding hydrogens is 240 g/mol. The Kier molecular flexibility index (Phi) is 4.21. The van der Waals surface area contributed by atoms with Crippen LogP contribution in [-0.2, 0) is 0 Å². The van der Waals surface area contributed by atoms with Crippen molar-refractivity contribution in [1.29, 1.82) is 5.26 Å². The summed E-state index contributed by atoms with van der Waals surface area (Å²) in [5.41, 5.74) is 1.35. The zero-order valence-corrected chi connectivity index (χ0v) is 12.1. The summed E-state index contributed by atoms with van der Waals surface area (Å²) in [6.07, 6.45) is 0. The number of aromatic carboxylic acids is 1. The molecular formula is C15H20N2O2. The molecule has 0 spiro atoms. The normalized spacial score (nSPS) is 12.6. The molecule has 0 saturated heterocycles. The highest BCUT2D eigenvalue weighted by Crippen LogP contribution is 2.29. The molecule has 102 valence electrons. The average molecular weight is 260 g/mol. The van der Waals surface area contributed by atoms with E-state index in [9.17, 15) is 10.1 Å². The second kappa shape index (κ2) is 5.31. The van der Waals surface area contributed by atoms with Gasteiger partial charge in [-0.05, 0) is 30.5 Å². The third-order valence-electron chi connectivity index (χ3n) is 3.58. The highest BCUT2D eigenvalue weighted by molar-refractivity contribution is 5.89. The maximum absolute atomic E-state index is 10.9. The quantitative estimate of drug-likeness (QED) is 0.906. The van der Waals surface area contributed by atoms with E-state index >= 15 is 0 Å². The number of hydrogen-bond acceptors (Lipinski definition) is 3. The van der Waals surface area contributed by atoms with Gasteiger partial charge in [0.05, 0.1) is 16.8 Å². The second-order valence-electron chi connectivity index (χ2n) is 5.80. The molecule has 0 amide bonds. The standard InChI is InChI=1S/C15H20N2O2/c1-10(15(2,3)4)17(5)13-7-6-11(14(18)19)8-12(13)9-16/h6-8,10H,1-5H3,(H,18,19). The molecule has 0 heterocycles. The van der Waals surface area contributed by atoms with Crippen LogP contribution in [0.15, 0.2) is 18.2 Å². The number of hydrogen-bond donors (Lipinski definition) is 1. The summed E-state index contributed by atoms with van der Waals surface area (Å²) in [5, 5.41) is 18.1. The second-order valence-corrected chi connectivity index (χ2v) is 5.80. The number of carboxylic acid groups (broad SMARTS) is 1. The van der Waals surface area contributed by atoms with Crippen molar-refractivity contribution in [2.24, 2.45) is 5.41 Å². The van der Waals surface area contributed by atoms with E-state index < -0.39 is 5.97 Å². The summed E-state index contributed by atoms with van der Waals surface area (Å²) in [5.74, 6) is -1.02. The SMILES string of the molecule is CC(N(C)c1ccc(C(=O)O)cc1C#N)C(C)(C)C. The van der Waals surface area contributed by atoms with E-state index in [0.29, 0.717) is 5.56 Å². The Labute approximate surface area is 114 Å². The van der Waals surface area contributed by atoms with Gasteiger partial charge in [0.15, 0.2) is 0 Å². The van der Waals surface area contributed by atoms with E-state index in [1.54, 1.807) is 6.07 Å².